The second kappa shape index (κ2) is 4.42. The molecule has 0 radical (unpaired) electrons. The SMILES string of the molecule is ClCCN1CCCC1CCl. The van der Waals surface area contributed by atoms with E-state index < -0.39 is 0 Å². The minimum Gasteiger partial charge on any atom is -0.298 e. The van der Waals surface area contributed by atoms with Crippen molar-refractivity contribution in [2.75, 3.05) is 24.8 Å². The van der Waals surface area contributed by atoms with Crippen molar-refractivity contribution in [2.24, 2.45) is 0 Å². The van der Waals surface area contributed by atoms with E-state index in [1.54, 1.807) is 0 Å². The first-order chi connectivity index (χ1) is 4.88. The fourth-order valence-corrected chi connectivity index (χ4v) is 2.04. The molecule has 1 unspecified atom stereocenters. The fourth-order valence-electron chi connectivity index (χ4n) is 1.47. The van der Waals surface area contributed by atoms with Gasteiger partial charge in [0.1, 0.15) is 0 Å². The lowest BCUT2D eigenvalue weighted by molar-refractivity contribution is 0.288. The van der Waals surface area contributed by atoms with E-state index in [0.717, 1.165) is 18.3 Å². The van der Waals surface area contributed by atoms with Crippen molar-refractivity contribution in [1.82, 2.24) is 4.90 Å². The lowest BCUT2D eigenvalue weighted by Gasteiger charge is -2.20. The Morgan fingerprint density at radius 2 is 2.20 bits per heavy atom. The van der Waals surface area contributed by atoms with Crippen molar-refractivity contribution in [3.63, 3.8) is 0 Å². The summed E-state index contributed by atoms with van der Waals surface area (Å²) in [4.78, 5) is 2.38. The molecule has 0 spiro atoms. The van der Waals surface area contributed by atoms with Crippen LogP contribution in [0, 0.1) is 0 Å². The highest BCUT2D eigenvalue weighted by atomic mass is 35.5. The van der Waals surface area contributed by atoms with Gasteiger partial charge in [-0.25, -0.2) is 0 Å². The van der Waals surface area contributed by atoms with Crippen molar-refractivity contribution >= 4 is 23.2 Å². The Morgan fingerprint density at radius 1 is 1.40 bits per heavy atom. The average molecular weight is 182 g/mol. The first-order valence-electron chi connectivity index (χ1n) is 3.74. The molecule has 0 aromatic rings. The van der Waals surface area contributed by atoms with Gasteiger partial charge in [-0.3, -0.25) is 4.90 Å². The predicted molar refractivity (Wildman–Crippen MR) is 46.0 cm³/mol. The van der Waals surface area contributed by atoms with Crippen molar-refractivity contribution in [3.8, 4) is 0 Å². The van der Waals surface area contributed by atoms with Crippen LogP contribution in [-0.4, -0.2) is 35.8 Å². The topological polar surface area (TPSA) is 3.24 Å². The summed E-state index contributed by atoms with van der Waals surface area (Å²) < 4.78 is 0. The van der Waals surface area contributed by atoms with Crippen LogP contribution in [0.1, 0.15) is 12.8 Å². The number of nitrogens with zero attached hydrogens (tertiary/aromatic N) is 1. The summed E-state index contributed by atoms with van der Waals surface area (Å²) in [7, 11) is 0. The lowest BCUT2D eigenvalue weighted by atomic mass is 10.2. The number of rotatable bonds is 3. The zero-order chi connectivity index (χ0) is 7.40. The Labute approximate surface area is 72.3 Å². The monoisotopic (exact) mass is 181 g/mol. The molecule has 10 heavy (non-hydrogen) atoms. The van der Waals surface area contributed by atoms with Crippen LogP contribution in [0.15, 0.2) is 0 Å². The number of hydrogen-bond acceptors (Lipinski definition) is 1. The Bertz CT molecular complexity index is 97.6. The van der Waals surface area contributed by atoms with Gasteiger partial charge in [0, 0.05) is 24.3 Å². The van der Waals surface area contributed by atoms with Crippen molar-refractivity contribution < 1.29 is 0 Å². The van der Waals surface area contributed by atoms with Crippen LogP contribution in [0.3, 0.4) is 0 Å². The molecule has 3 heteroatoms. The van der Waals surface area contributed by atoms with E-state index in [4.69, 9.17) is 23.2 Å². The highest BCUT2D eigenvalue weighted by molar-refractivity contribution is 6.18. The van der Waals surface area contributed by atoms with Crippen LogP contribution in [0.2, 0.25) is 0 Å². The van der Waals surface area contributed by atoms with Crippen molar-refractivity contribution in [2.45, 2.75) is 18.9 Å². The molecule has 0 N–H and O–H groups in total. The van der Waals surface area contributed by atoms with Gasteiger partial charge >= 0.3 is 0 Å². The minimum atomic E-state index is 0.598. The molecule has 1 aliphatic rings. The largest absolute Gasteiger partial charge is 0.298 e. The Balaban J connectivity index is 2.27. The van der Waals surface area contributed by atoms with Crippen LogP contribution >= 0.6 is 23.2 Å². The first kappa shape index (κ1) is 8.63. The van der Waals surface area contributed by atoms with Crippen LogP contribution in [-0.2, 0) is 0 Å². The summed E-state index contributed by atoms with van der Waals surface area (Å²) in [5.41, 5.74) is 0. The molecule has 0 saturated carbocycles. The number of hydrogen-bond donors (Lipinski definition) is 0. The van der Waals surface area contributed by atoms with Gasteiger partial charge in [-0.15, -0.1) is 23.2 Å². The molecule has 0 bridgehead atoms. The van der Waals surface area contributed by atoms with Gasteiger partial charge < -0.3 is 0 Å². The van der Waals surface area contributed by atoms with E-state index in [-0.39, 0.29) is 0 Å². The van der Waals surface area contributed by atoms with Gasteiger partial charge in [0.2, 0.25) is 0 Å². The van der Waals surface area contributed by atoms with Gasteiger partial charge in [-0.05, 0) is 19.4 Å². The van der Waals surface area contributed by atoms with E-state index in [0.29, 0.717) is 6.04 Å². The maximum atomic E-state index is 5.75. The van der Waals surface area contributed by atoms with Gasteiger partial charge in [0.15, 0.2) is 0 Å². The second-order valence-corrected chi connectivity index (χ2v) is 3.36. The van der Waals surface area contributed by atoms with Gasteiger partial charge in [-0.1, -0.05) is 0 Å². The summed E-state index contributed by atoms with van der Waals surface area (Å²) in [6.07, 6.45) is 2.54. The van der Waals surface area contributed by atoms with E-state index >= 15 is 0 Å². The Hall–Kier alpha value is 0.540. The molecular formula is C7H13Cl2N. The summed E-state index contributed by atoms with van der Waals surface area (Å²) in [5, 5.41) is 0. The number of halogens is 2. The smallest absolute Gasteiger partial charge is 0.0379 e. The summed E-state index contributed by atoms with van der Waals surface area (Å²) in [6, 6.07) is 0.598. The molecule has 0 aromatic carbocycles. The van der Waals surface area contributed by atoms with Gasteiger partial charge in [-0.2, -0.15) is 0 Å². The Morgan fingerprint density at radius 3 is 2.80 bits per heavy atom. The van der Waals surface area contributed by atoms with Crippen LogP contribution in [0.25, 0.3) is 0 Å². The molecular weight excluding hydrogens is 169 g/mol. The zero-order valence-corrected chi connectivity index (χ0v) is 7.53. The number of likely N-dealkylation sites (tertiary alicyclic amines) is 1. The Kier molecular flexibility index (Phi) is 3.82. The van der Waals surface area contributed by atoms with Crippen LogP contribution < -0.4 is 0 Å². The maximum Gasteiger partial charge on any atom is 0.0379 e. The molecule has 60 valence electrons. The summed E-state index contributed by atoms with van der Waals surface area (Å²) in [5.74, 6) is 1.49. The standard InChI is InChI=1S/C7H13Cl2N/c8-3-5-10-4-1-2-7(10)6-9/h7H,1-6H2. The molecule has 0 aliphatic carbocycles. The van der Waals surface area contributed by atoms with Crippen LogP contribution in [0.4, 0.5) is 0 Å². The summed E-state index contributed by atoms with van der Waals surface area (Å²) >= 11 is 11.4. The van der Waals surface area contributed by atoms with E-state index in [9.17, 15) is 0 Å². The maximum absolute atomic E-state index is 5.75. The van der Waals surface area contributed by atoms with Crippen molar-refractivity contribution in [1.29, 1.82) is 0 Å². The van der Waals surface area contributed by atoms with Gasteiger partial charge in [0.25, 0.3) is 0 Å². The third kappa shape index (κ3) is 2.01. The molecule has 1 rings (SSSR count). The molecule has 0 amide bonds. The normalized spacial score (nSPS) is 27.6. The highest BCUT2D eigenvalue weighted by Gasteiger charge is 2.22. The highest BCUT2D eigenvalue weighted by Crippen LogP contribution is 2.17. The molecule has 1 atom stereocenters. The average Bonchev–Trinajstić information content (AvgIpc) is 2.36. The minimum absolute atomic E-state index is 0.598. The molecule has 1 aliphatic heterocycles. The molecule has 1 nitrogen and oxygen atoms in total. The van der Waals surface area contributed by atoms with E-state index in [1.807, 2.05) is 0 Å². The predicted octanol–water partition coefficient (Wildman–Crippen LogP) is 1.93. The molecule has 1 fully saturated rings. The second-order valence-electron chi connectivity index (χ2n) is 2.68. The molecule has 1 heterocycles. The lowest BCUT2D eigenvalue weighted by Crippen LogP contribution is -2.32. The fraction of sp³-hybridized carbons (Fsp3) is 1.00. The molecule has 1 saturated heterocycles. The van der Waals surface area contributed by atoms with Gasteiger partial charge in [0.05, 0.1) is 0 Å². The van der Waals surface area contributed by atoms with Crippen LogP contribution in [0.5, 0.6) is 0 Å². The van der Waals surface area contributed by atoms with Crippen molar-refractivity contribution in [3.05, 3.63) is 0 Å². The van der Waals surface area contributed by atoms with E-state index in [2.05, 4.69) is 4.90 Å². The zero-order valence-electron chi connectivity index (χ0n) is 6.02. The quantitative estimate of drug-likeness (QED) is 0.603. The first-order valence-corrected chi connectivity index (χ1v) is 4.81. The van der Waals surface area contributed by atoms with E-state index in [1.165, 1.54) is 19.4 Å². The number of alkyl halides is 2. The third-order valence-corrected chi connectivity index (χ3v) is 2.57. The molecule has 0 aromatic heterocycles. The third-order valence-electron chi connectivity index (χ3n) is 2.05. The summed E-state index contributed by atoms with van der Waals surface area (Å²) in [6.45, 7) is 2.18.